The first kappa shape index (κ1) is 13.7. The van der Waals surface area contributed by atoms with Crippen LogP contribution in [0.25, 0.3) is 0 Å². The number of alkyl halides is 1. The van der Waals surface area contributed by atoms with Gasteiger partial charge < -0.3 is 5.32 Å². The fourth-order valence-electron chi connectivity index (χ4n) is 1.06. The highest BCUT2D eigenvalue weighted by Crippen LogP contribution is 2.17. The zero-order valence-electron chi connectivity index (χ0n) is 8.59. The lowest BCUT2D eigenvalue weighted by Gasteiger charge is -2.19. The normalized spacial score (nSPS) is 12.9. The maximum Gasteiger partial charge on any atom is 0.252 e. The largest absolute Gasteiger partial charge is 0.348 e. The van der Waals surface area contributed by atoms with Crippen molar-refractivity contribution in [3.05, 3.63) is 19.9 Å². The molecule has 1 aromatic rings. The van der Waals surface area contributed by atoms with Crippen molar-refractivity contribution in [3.8, 4) is 0 Å². The molecule has 0 aliphatic rings. The molecule has 0 aliphatic carbocycles. The Bertz CT molecular complexity index is 338. The van der Waals surface area contributed by atoms with Gasteiger partial charge in [-0.1, -0.05) is 36.4 Å². The summed E-state index contributed by atoms with van der Waals surface area (Å²) in [4.78, 5) is 11.8. The second-order valence-electron chi connectivity index (χ2n) is 3.62. The third kappa shape index (κ3) is 4.18. The highest BCUT2D eigenvalue weighted by atomic mass is 127. The molecule has 0 bridgehead atoms. The lowest BCUT2D eigenvalue weighted by molar-refractivity contribution is 0.0932. The molecule has 15 heavy (non-hydrogen) atoms. The van der Waals surface area contributed by atoms with Gasteiger partial charge in [-0.05, 0) is 34.6 Å². The average molecular weight is 449 g/mol. The fraction of sp³-hybridized carbons (Fsp3) is 0.500. The number of hydrogen-bond acceptors (Lipinski definition) is 2. The van der Waals surface area contributed by atoms with Crippen molar-refractivity contribution in [1.29, 1.82) is 0 Å². The molecule has 0 spiro atoms. The topological polar surface area (TPSA) is 29.1 Å². The summed E-state index contributed by atoms with van der Waals surface area (Å²) in [5, 5.41) is 4.96. The summed E-state index contributed by atoms with van der Waals surface area (Å²) in [5.74, 6) is 0.521. The van der Waals surface area contributed by atoms with Crippen LogP contribution in [0.4, 0.5) is 0 Å². The second kappa shape index (κ2) is 6.39. The molecule has 5 heteroatoms. The lowest BCUT2D eigenvalue weighted by atomic mass is 10.1. The van der Waals surface area contributed by atoms with E-state index >= 15 is 0 Å². The van der Waals surface area contributed by atoms with Gasteiger partial charge in [-0.2, -0.15) is 0 Å². The van der Waals surface area contributed by atoms with Crippen LogP contribution in [0.2, 0.25) is 0 Å². The van der Waals surface area contributed by atoms with Gasteiger partial charge in [0, 0.05) is 15.8 Å². The number of rotatable bonds is 4. The molecule has 1 N–H and O–H groups in total. The van der Waals surface area contributed by atoms with Gasteiger partial charge in [0.25, 0.3) is 5.91 Å². The number of carbonyl (C=O) groups is 1. The van der Waals surface area contributed by atoms with Crippen LogP contribution in [0, 0.1) is 8.80 Å². The first-order valence-electron chi connectivity index (χ1n) is 4.65. The van der Waals surface area contributed by atoms with Gasteiger partial charge in [-0.25, -0.2) is 0 Å². The molecule has 84 valence electrons. The summed E-state index contributed by atoms with van der Waals surface area (Å²) in [5.41, 5.74) is 0.778. The number of nitrogens with one attached hydrogen (secondary N) is 1. The second-order valence-corrected chi connectivity index (χ2v) is 7.30. The van der Waals surface area contributed by atoms with Crippen LogP contribution in [0.1, 0.15) is 24.2 Å². The average Bonchev–Trinajstić information content (AvgIpc) is 2.60. The van der Waals surface area contributed by atoms with Crippen LogP contribution in [0.15, 0.2) is 11.4 Å². The van der Waals surface area contributed by atoms with Gasteiger partial charge in [0.05, 0.1) is 8.45 Å². The highest BCUT2D eigenvalue weighted by Gasteiger charge is 2.16. The molecule has 2 nitrogen and oxygen atoms in total. The number of hydrogen-bond donors (Lipinski definition) is 1. The van der Waals surface area contributed by atoms with Crippen molar-refractivity contribution in [3.63, 3.8) is 0 Å². The molecule has 1 aromatic heterocycles. The summed E-state index contributed by atoms with van der Waals surface area (Å²) in [7, 11) is 0. The Morgan fingerprint density at radius 3 is 2.67 bits per heavy atom. The first-order valence-corrected chi connectivity index (χ1v) is 8.14. The summed E-state index contributed by atoms with van der Waals surface area (Å²) in [6.45, 7) is 4.25. The van der Waals surface area contributed by atoms with Crippen molar-refractivity contribution in [2.45, 2.75) is 19.9 Å². The molecule has 1 unspecified atom stereocenters. The Hall–Kier alpha value is 0.630. The van der Waals surface area contributed by atoms with E-state index in [-0.39, 0.29) is 11.9 Å². The SMILES string of the molecule is CC(C)C(CI)NC(=O)c1csc(I)c1. The smallest absolute Gasteiger partial charge is 0.252 e. The van der Waals surface area contributed by atoms with Gasteiger partial charge in [-0.15, -0.1) is 11.3 Å². The summed E-state index contributed by atoms with van der Waals surface area (Å²) >= 11 is 6.14. The first-order chi connectivity index (χ1) is 7.04. The van der Waals surface area contributed by atoms with E-state index in [1.807, 2.05) is 11.4 Å². The minimum atomic E-state index is 0.0459. The molecular weight excluding hydrogens is 436 g/mol. The van der Waals surface area contributed by atoms with E-state index < -0.39 is 0 Å². The van der Waals surface area contributed by atoms with Crippen LogP contribution < -0.4 is 5.32 Å². The van der Waals surface area contributed by atoms with Gasteiger partial charge >= 0.3 is 0 Å². The molecule has 1 heterocycles. The molecular formula is C10H13I2NOS. The van der Waals surface area contributed by atoms with Gasteiger partial charge in [0.15, 0.2) is 0 Å². The lowest BCUT2D eigenvalue weighted by Crippen LogP contribution is -2.39. The number of carbonyl (C=O) groups excluding carboxylic acids is 1. The van der Waals surface area contributed by atoms with Crippen molar-refractivity contribution < 1.29 is 4.79 Å². The third-order valence-electron chi connectivity index (χ3n) is 2.12. The van der Waals surface area contributed by atoms with Crippen LogP contribution in [0.3, 0.4) is 0 Å². The molecule has 1 rings (SSSR count). The monoisotopic (exact) mass is 449 g/mol. The maximum atomic E-state index is 11.8. The summed E-state index contributed by atoms with van der Waals surface area (Å²) in [6, 6.07) is 2.18. The van der Waals surface area contributed by atoms with E-state index in [2.05, 4.69) is 64.3 Å². The molecule has 0 aliphatic heterocycles. The van der Waals surface area contributed by atoms with E-state index in [0.717, 1.165) is 12.9 Å². The van der Waals surface area contributed by atoms with Crippen molar-refractivity contribution in [1.82, 2.24) is 5.32 Å². The van der Waals surface area contributed by atoms with Crippen molar-refractivity contribution in [2.75, 3.05) is 4.43 Å². The molecule has 0 radical (unpaired) electrons. The van der Waals surface area contributed by atoms with E-state index in [0.29, 0.717) is 5.92 Å². The van der Waals surface area contributed by atoms with Gasteiger partial charge in [-0.3, -0.25) is 4.79 Å². The summed E-state index contributed by atoms with van der Waals surface area (Å²) < 4.78 is 2.09. The Labute approximate surface area is 121 Å². The number of thiophene rings is 1. The number of halogens is 2. The van der Waals surface area contributed by atoms with E-state index in [1.54, 1.807) is 11.3 Å². The Morgan fingerprint density at radius 1 is 1.60 bits per heavy atom. The maximum absolute atomic E-state index is 11.8. The summed E-state index contributed by atoms with van der Waals surface area (Å²) in [6.07, 6.45) is 0. The third-order valence-corrected chi connectivity index (χ3v) is 4.86. The molecule has 1 atom stereocenters. The van der Waals surface area contributed by atoms with E-state index in [4.69, 9.17) is 0 Å². The van der Waals surface area contributed by atoms with E-state index in [1.165, 1.54) is 0 Å². The van der Waals surface area contributed by atoms with Crippen LogP contribution in [-0.4, -0.2) is 16.4 Å². The predicted molar refractivity (Wildman–Crippen MR) is 82.0 cm³/mol. The predicted octanol–water partition coefficient (Wildman–Crippen LogP) is 3.54. The fourth-order valence-corrected chi connectivity index (χ4v) is 3.63. The van der Waals surface area contributed by atoms with Crippen molar-refractivity contribution in [2.24, 2.45) is 5.92 Å². The molecule has 0 fully saturated rings. The minimum absolute atomic E-state index is 0.0459. The molecule has 0 aromatic carbocycles. The van der Waals surface area contributed by atoms with Crippen molar-refractivity contribution >= 4 is 62.4 Å². The zero-order valence-corrected chi connectivity index (χ0v) is 13.7. The van der Waals surface area contributed by atoms with Gasteiger partial charge in [0.2, 0.25) is 0 Å². The number of amides is 1. The molecule has 0 saturated carbocycles. The highest BCUT2D eigenvalue weighted by molar-refractivity contribution is 14.1. The Morgan fingerprint density at radius 2 is 2.27 bits per heavy atom. The van der Waals surface area contributed by atoms with Gasteiger partial charge in [0.1, 0.15) is 0 Å². The molecule has 0 saturated heterocycles. The zero-order chi connectivity index (χ0) is 11.4. The van der Waals surface area contributed by atoms with Crippen LogP contribution in [0.5, 0.6) is 0 Å². The van der Waals surface area contributed by atoms with Crippen LogP contribution >= 0.6 is 56.5 Å². The minimum Gasteiger partial charge on any atom is -0.348 e. The Balaban J connectivity index is 2.62. The quantitative estimate of drug-likeness (QED) is 0.554. The Kier molecular flexibility index (Phi) is 5.83. The molecule has 1 amide bonds. The van der Waals surface area contributed by atoms with E-state index in [9.17, 15) is 4.79 Å². The van der Waals surface area contributed by atoms with Crippen LogP contribution in [-0.2, 0) is 0 Å². The standard InChI is InChI=1S/C10H13I2NOS/c1-6(2)8(4-11)13-10(14)7-3-9(12)15-5-7/h3,5-6,8H,4H2,1-2H3,(H,13,14).